The van der Waals surface area contributed by atoms with E-state index in [1.165, 1.54) is 0 Å². The Morgan fingerprint density at radius 1 is 1.27 bits per heavy atom. The van der Waals surface area contributed by atoms with E-state index in [4.69, 9.17) is 11.1 Å². The Morgan fingerprint density at radius 2 is 2.00 bits per heavy atom. The molecule has 0 spiro atoms. The molecule has 2 aliphatic heterocycles. The number of rotatable bonds is 2. The molecule has 3 N–H and O–H groups in total. The summed E-state index contributed by atoms with van der Waals surface area (Å²) in [6, 6.07) is 2.76. The average molecular weight is 353 g/mol. The number of hydrogen-bond donors (Lipinski definition) is 2. The van der Waals surface area contributed by atoms with E-state index in [2.05, 4.69) is 33.7 Å². The Morgan fingerprint density at radius 3 is 2.69 bits per heavy atom. The molecule has 2 aromatic heterocycles. The van der Waals surface area contributed by atoms with Crippen LogP contribution in [0, 0.1) is 5.41 Å². The van der Waals surface area contributed by atoms with E-state index in [0.717, 1.165) is 48.6 Å². The van der Waals surface area contributed by atoms with E-state index in [1.807, 2.05) is 11.7 Å². The molecule has 138 valence electrons. The lowest BCUT2D eigenvalue weighted by Gasteiger charge is -2.40. The molecular weight excluding hydrogens is 326 g/mol. The fourth-order valence-corrected chi connectivity index (χ4v) is 4.19. The first-order chi connectivity index (χ1) is 12.5. The number of piperidine rings is 1. The van der Waals surface area contributed by atoms with Crippen molar-refractivity contribution >= 4 is 17.2 Å². The van der Waals surface area contributed by atoms with Crippen molar-refractivity contribution < 1.29 is 0 Å². The molecule has 2 aromatic rings. The van der Waals surface area contributed by atoms with Gasteiger partial charge in [-0.3, -0.25) is 10.1 Å². The third kappa shape index (κ3) is 2.67. The summed E-state index contributed by atoms with van der Waals surface area (Å²) in [5.74, 6) is 0.842. The van der Waals surface area contributed by atoms with Crippen LogP contribution in [0.25, 0.3) is 0 Å². The van der Waals surface area contributed by atoms with Crippen LogP contribution in [0.2, 0.25) is 0 Å². The number of pyridine rings is 1. The van der Waals surface area contributed by atoms with Gasteiger partial charge in [0.1, 0.15) is 5.82 Å². The highest BCUT2D eigenvalue weighted by molar-refractivity contribution is 6.17. The molecule has 2 aliphatic rings. The lowest BCUT2D eigenvalue weighted by Crippen LogP contribution is -2.47. The molecule has 26 heavy (non-hydrogen) atoms. The van der Waals surface area contributed by atoms with Crippen LogP contribution in [0.15, 0.2) is 18.5 Å². The van der Waals surface area contributed by atoms with Crippen LogP contribution in [0.3, 0.4) is 0 Å². The van der Waals surface area contributed by atoms with E-state index in [9.17, 15) is 0 Å². The summed E-state index contributed by atoms with van der Waals surface area (Å²) in [6.45, 7) is 7.41. The minimum absolute atomic E-state index is 0.395. The van der Waals surface area contributed by atoms with Gasteiger partial charge in [-0.1, -0.05) is 0 Å². The fraction of sp³-hybridized carbons (Fsp3) is 0.526. The van der Waals surface area contributed by atoms with Crippen LogP contribution < -0.4 is 10.6 Å². The van der Waals surface area contributed by atoms with Gasteiger partial charge in [0.25, 0.3) is 0 Å². The third-order valence-corrected chi connectivity index (χ3v) is 5.81. The van der Waals surface area contributed by atoms with Crippen molar-refractivity contribution in [3.05, 3.63) is 35.3 Å². The SMILES string of the molecule is CC(C)N1CCC(N2Cc3c(cnn3C)C(=N)c3c(N)ccnc32)CC1. The van der Waals surface area contributed by atoms with Crippen LogP contribution >= 0.6 is 0 Å². The Hall–Kier alpha value is -2.41. The molecule has 0 bridgehead atoms. The van der Waals surface area contributed by atoms with Gasteiger partial charge in [-0.05, 0) is 32.8 Å². The highest BCUT2D eigenvalue weighted by Crippen LogP contribution is 2.35. The molecule has 1 fully saturated rings. The van der Waals surface area contributed by atoms with Crippen LogP contribution in [-0.2, 0) is 13.6 Å². The first kappa shape index (κ1) is 17.0. The second-order valence-electron chi connectivity index (χ2n) is 7.59. The van der Waals surface area contributed by atoms with Gasteiger partial charge in [-0.2, -0.15) is 5.10 Å². The summed E-state index contributed by atoms with van der Waals surface area (Å²) in [6.07, 6.45) is 5.72. The topological polar surface area (TPSA) is 87.1 Å². The maximum atomic E-state index is 8.73. The summed E-state index contributed by atoms with van der Waals surface area (Å²) < 4.78 is 1.88. The monoisotopic (exact) mass is 353 g/mol. The summed E-state index contributed by atoms with van der Waals surface area (Å²) >= 11 is 0. The Balaban J connectivity index is 1.75. The second-order valence-corrected chi connectivity index (χ2v) is 7.59. The number of nitrogen functional groups attached to an aromatic ring is 1. The van der Waals surface area contributed by atoms with Gasteiger partial charge in [0.2, 0.25) is 0 Å². The van der Waals surface area contributed by atoms with Crippen molar-refractivity contribution in [2.24, 2.45) is 7.05 Å². The molecule has 0 aromatic carbocycles. The fourth-order valence-electron chi connectivity index (χ4n) is 4.19. The predicted molar refractivity (Wildman–Crippen MR) is 104 cm³/mol. The van der Waals surface area contributed by atoms with Crippen LogP contribution in [0.4, 0.5) is 11.5 Å². The molecule has 0 amide bonds. The minimum atomic E-state index is 0.395. The molecule has 4 heterocycles. The highest BCUT2D eigenvalue weighted by Gasteiger charge is 2.34. The van der Waals surface area contributed by atoms with Crippen molar-refractivity contribution in [3.8, 4) is 0 Å². The summed E-state index contributed by atoms with van der Waals surface area (Å²) in [4.78, 5) is 9.54. The van der Waals surface area contributed by atoms with Gasteiger partial charge in [0.05, 0.1) is 29.7 Å². The van der Waals surface area contributed by atoms with Gasteiger partial charge < -0.3 is 15.5 Å². The van der Waals surface area contributed by atoms with E-state index in [0.29, 0.717) is 30.0 Å². The van der Waals surface area contributed by atoms with Crippen LogP contribution in [0.1, 0.15) is 43.5 Å². The lowest BCUT2D eigenvalue weighted by molar-refractivity contribution is 0.169. The Labute approximate surface area is 154 Å². The van der Waals surface area contributed by atoms with Gasteiger partial charge >= 0.3 is 0 Å². The molecular formula is C19H27N7. The average Bonchev–Trinajstić information content (AvgIpc) is 2.93. The number of fused-ring (bicyclic) bond motifs is 2. The largest absolute Gasteiger partial charge is 0.398 e. The van der Waals surface area contributed by atoms with E-state index in [1.54, 1.807) is 18.5 Å². The quantitative estimate of drug-likeness (QED) is 0.862. The summed E-state index contributed by atoms with van der Waals surface area (Å²) in [7, 11) is 1.94. The Kier molecular flexibility index (Phi) is 4.19. The number of likely N-dealkylation sites (tertiary alicyclic amines) is 1. The normalized spacial score (nSPS) is 18.8. The zero-order valence-electron chi connectivity index (χ0n) is 15.7. The maximum Gasteiger partial charge on any atom is 0.140 e. The van der Waals surface area contributed by atoms with E-state index >= 15 is 0 Å². The van der Waals surface area contributed by atoms with Crippen LogP contribution in [0.5, 0.6) is 0 Å². The molecule has 1 saturated heterocycles. The molecule has 7 heteroatoms. The van der Waals surface area contributed by atoms with Gasteiger partial charge in [-0.25, -0.2) is 4.98 Å². The molecule has 7 nitrogen and oxygen atoms in total. The standard InChI is InChI=1S/C19H27N7/c1-12(2)25-8-5-13(6-9-25)26-11-16-14(10-23-24(16)3)18(21)17-15(20)4-7-22-19(17)26/h4,7,10,12-13,21H,5-6,8-9,11H2,1-3H3,(H2,20,22). The van der Waals surface area contributed by atoms with Gasteiger partial charge in [0, 0.05) is 49.7 Å². The number of hydrogen-bond acceptors (Lipinski definition) is 6. The van der Waals surface area contributed by atoms with Crippen molar-refractivity contribution in [3.63, 3.8) is 0 Å². The van der Waals surface area contributed by atoms with Crippen molar-refractivity contribution in [1.29, 1.82) is 5.41 Å². The van der Waals surface area contributed by atoms with Crippen molar-refractivity contribution in [2.45, 2.75) is 45.3 Å². The number of aryl methyl sites for hydroxylation is 1. The summed E-state index contributed by atoms with van der Waals surface area (Å²) in [5, 5.41) is 13.1. The smallest absolute Gasteiger partial charge is 0.140 e. The predicted octanol–water partition coefficient (Wildman–Crippen LogP) is 2.01. The first-order valence-electron chi connectivity index (χ1n) is 9.32. The molecule has 0 atom stereocenters. The van der Waals surface area contributed by atoms with Crippen molar-refractivity contribution in [2.75, 3.05) is 23.7 Å². The molecule has 0 aliphatic carbocycles. The highest BCUT2D eigenvalue weighted by atomic mass is 15.3. The second kappa shape index (κ2) is 6.39. The molecule has 0 radical (unpaired) electrons. The lowest BCUT2D eigenvalue weighted by atomic mass is 10.0. The summed E-state index contributed by atoms with van der Waals surface area (Å²) in [5.41, 5.74) is 9.97. The number of nitrogens with one attached hydrogen (secondary N) is 1. The number of nitrogens with zero attached hydrogens (tertiary/aromatic N) is 5. The van der Waals surface area contributed by atoms with Crippen molar-refractivity contribution in [1.82, 2.24) is 19.7 Å². The number of anilines is 2. The Bertz CT molecular complexity index is 830. The van der Waals surface area contributed by atoms with Gasteiger partial charge in [0.15, 0.2) is 0 Å². The maximum absolute atomic E-state index is 8.73. The van der Waals surface area contributed by atoms with E-state index in [-0.39, 0.29) is 0 Å². The zero-order valence-corrected chi connectivity index (χ0v) is 15.7. The van der Waals surface area contributed by atoms with E-state index < -0.39 is 0 Å². The molecule has 0 unspecified atom stereocenters. The first-order valence-corrected chi connectivity index (χ1v) is 9.32. The van der Waals surface area contributed by atoms with Gasteiger partial charge in [-0.15, -0.1) is 0 Å². The molecule has 0 saturated carbocycles. The minimum Gasteiger partial charge on any atom is -0.398 e. The zero-order chi connectivity index (χ0) is 18.4. The van der Waals surface area contributed by atoms with Crippen LogP contribution in [-0.4, -0.2) is 50.5 Å². The number of aromatic nitrogens is 3. The molecule has 4 rings (SSSR count). The number of nitrogens with two attached hydrogens (primary N) is 1. The third-order valence-electron chi connectivity index (χ3n) is 5.81.